The number of aryl methyl sites for hydroxylation is 1. The van der Waals surface area contributed by atoms with Crippen LogP contribution in [0.3, 0.4) is 0 Å². The van der Waals surface area contributed by atoms with Gasteiger partial charge in [-0.05, 0) is 13.0 Å². The van der Waals surface area contributed by atoms with Crippen LogP contribution in [0.4, 0.5) is 0 Å². The van der Waals surface area contributed by atoms with Gasteiger partial charge in [0.05, 0.1) is 5.75 Å². The van der Waals surface area contributed by atoms with Crippen LogP contribution in [-0.4, -0.2) is 31.1 Å². The van der Waals surface area contributed by atoms with E-state index in [2.05, 4.69) is 15.2 Å². The van der Waals surface area contributed by atoms with Crippen LogP contribution in [0.25, 0.3) is 5.78 Å². The zero-order valence-electron chi connectivity index (χ0n) is 10.9. The summed E-state index contributed by atoms with van der Waals surface area (Å²) in [6.07, 6.45) is 3.50. The zero-order chi connectivity index (χ0) is 13.9. The van der Waals surface area contributed by atoms with E-state index in [4.69, 9.17) is 0 Å². The number of aromatic nitrogens is 4. The molecule has 0 saturated carbocycles. The minimum absolute atomic E-state index is 0.0793. The minimum atomic E-state index is 0.0793. The molecule has 0 unspecified atom stereocenters. The van der Waals surface area contributed by atoms with E-state index in [1.807, 2.05) is 43.5 Å². The van der Waals surface area contributed by atoms with Crippen molar-refractivity contribution in [3.05, 3.63) is 53.9 Å². The fraction of sp³-hybridized carbons (Fsp3) is 0.143. The number of Topliss-reactive ketones (excluding diaryl/α,β-unsaturated/α-hetero) is 1. The summed E-state index contributed by atoms with van der Waals surface area (Å²) in [6, 6.07) is 9.38. The predicted molar refractivity (Wildman–Crippen MR) is 77.0 cm³/mol. The average Bonchev–Trinajstić information content (AvgIpc) is 2.89. The first kappa shape index (κ1) is 12.8. The second-order valence-electron chi connectivity index (χ2n) is 4.35. The van der Waals surface area contributed by atoms with Crippen LogP contribution in [0.1, 0.15) is 15.9 Å². The number of fused-ring (bicyclic) bond motifs is 1. The monoisotopic (exact) mass is 284 g/mol. The van der Waals surface area contributed by atoms with Crippen molar-refractivity contribution in [1.82, 2.24) is 19.6 Å². The number of carbonyl (C=O) groups excluding carboxylic acids is 1. The van der Waals surface area contributed by atoms with E-state index in [0.717, 1.165) is 11.1 Å². The van der Waals surface area contributed by atoms with Gasteiger partial charge in [0.2, 0.25) is 0 Å². The van der Waals surface area contributed by atoms with Gasteiger partial charge in [-0.3, -0.25) is 9.20 Å². The van der Waals surface area contributed by atoms with Crippen molar-refractivity contribution in [2.75, 3.05) is 5.75 Å². The van der Waals surface area contributed by atoms with Crippen LogP contribution in [0.5, 0.6) is 0 Å². The molecule has 0 fully saturated rings. The summed E-state index contributed by atoms with van der Waals surface area (Å²) in [4.78, 5) is 16.2. The number of carbonyl (C=O) groups is 1. The molecule has 0 atom stereocenters. The third kappa shape index (κ3) is 2.55. The molecule has 0 bridgehead atoms. The lowest BCUT2D eigenvalue weighted by Crippen LogP contribution is -2.03. The van der Waals surface area contributed by atoms with Gasteiger partial charge < -0.3 is 0 Å². The van der Waals surface area contributed by atoms with Crippen LogP contribution in [0.2, 0.25) is 0 Å². The third-order valence-corrected chi connectivity index (χ3v) is 3.81. The highest BCUT2D eigenvalue weighted by atomic mass is 32.2. The number of rotatable bonds is 4. The van der Waals surface area contributed by atoms with Gasteiger partial charge >= 0.3 is 0 Å². The third-order valence-electron chi connectivity index (χ3n) is 2.86. The number of hydrogen-bond donors (Lipinski definition) is 0. The van der Waals surface area contributed by atoms with Crippen molar-refractivity contribution in [2.24, 2.45) is 0 Å². The normalized spacial score (nSPS) is 10.8. The number of benzene rings is 1. The standard InChI is InChI=1S/C14H12N4OS/c1-10-3-5-11(6-4-10)12(19)9-20-14-17-16-13-15-7-2-8-18(13)14/h2-8H,9H2,1H3. The van der Waals surface area contributed by atoms with E-state index < -0.39 is 0 Å². The zero-order valence-corrected chi connectivity index (χ0v) is 11.7. The van der Waals surface area contributed by atoms with Crippen molar-refractivity contribution in [1.29, 1.82) is 0 Å². The molecule has 100 valence electrons. The smallest absolute Gasteiger partial charge is 0.255 e. The highest BCUT2D eigenvalue weighted by molar-refractivity contribution is 7.99. The van der Waals surface area contributed by atoms with Gasteiger partial charge in [0.15, 0.2) is 10.9 Å². The molecule has 5 nitrogen and oxygen atoms in total. The Morgan fingerprint density at radius 2 is 2.05 bits per heavy atom. The van der Waals surface area contributed by atoms with Crippen molar-refractivity contribution < 1.29 is 4.79 Å². The van der Waals surface area contributed by atoms with Gasteiger partial charge in [0.25, 0.3) is 5.78 Å². The number of nitrogens with zero attached hydrogens (tertiary/aromatic N) is 4. The van der Waals surface area contributed by atoms with Crippen molar-refractivity contribution in [2.45, 2.75) is 12.1 Å². The molecule has 0 spiro atoms. The van der Waals surface area contributed by atoms with Gasteiger partial charge in [-0.15, -0.1) is 10.2 Å². The maximum absolute atomic E-state index is 12.1. The van der Waals surface area contributed by atoms with Gasteiger partial charge in [-0.25, -0.2) is 4.98 Å². The molecule has 0 amide bonds. The molecule has 6 heteroatoms. The molecule has 0 aliphatic carbocycles. The van der Waals surface area contributed by atoms with Gasteiger partial charge in [0, 0.05) is 18.0 Å². The first-order chi connectivity index (χ1) is 9.74. The van der Waals surface area contributed by atoms with Crippen molar-refractivity contribution >= 4 is 23.3 Å². The second-order valence-corrected chi connectivity index (χ2v) is 5.29. The molecule has 0 N–H and O–H groups in total. The Morgan fingerprint density at radius 1 is 1.25 bits per heavy atom. The summed E-state index contributed by atoms with van der Waals surface area (Å²) in [5.74, 6) is 0.951. The quantitative estimate of drug-likeness (QED) is 0.544. The molecule has 0 saturated heterocycles. The number of ketones is 1. The molecule has 3 aromatic rings. The lowest BCUT2D eigenvalue weighted by atomic mass is 10.1. The number of thioether (sulfide) groups is 1. The Kier molecular flexibility index (Phi) is 3.47. The fourth-order valence-electron chi connectivity index (χ4n) is 1.77. The largest absolute Gasteiger partial charge is 0.293 e. The van der Waals surface area contributed by atoms with E-state index in [1.165, 1.54) is 11.8 Å². The Balaban J connectivity index is 1.73. The first-order valence-corrected chi connectivity index (χ1v) is 7.11. The van der Waals surface area contributed by atoms with Crippen molar-refractivity contribution in [3.8, 4) is 0 Å². The van der Waals surface area contributed by atoms with Crippen LogP contribution in [0.15, 0.2) is 47.9 Å². The molecule has 2 aromatic heterocycles. The molecule has 0 aliphatic rings. The highest BCUT2D eigenvalue weighted by Gasteiger charge is 2.10. The summed E-state index contributed by atoms with van der Waals surface area (Å²) in [7, 11) is 0. The predicted octanol–water partition coefficient (Wildman–Crippen LogP) is 2.41. The van der Waals surface area contributed by atoms with E-state index in [9.17, 15) is 4.79 Å². The van der Waals surface area contributed by atoms with E-state index in [0.29, 0.717) is 16.7 Å². The Morgan fingerprint density at radius 3 is 2.85 bits per heavy atom. The fourth-order valence-corrected chi connectivity index (χ4v) is 2.58. The SMILES string of the molecule is Cc1ccc(C(=O)CSc2nnc3ncccn23)cc1. The topological polar surface area (TPSA) is 60.2 Å². The number of hydrogen-bond acceptors (Lipinski definition) is 5. The lowest BCUT2D eigenvalue weighted by Gasteiger charge is -2.01. The van der Waals surface area contributed by atoms with E-state index in [1.54, 1.807) is 10.6 Å². The maximum Gasteiger partial charge on any atom is 0.255 e. The van der Waals surface area contributed by atoms with Gasteiger partial charge in [-0.1, -0.05) is 41.6 Å². The summed E-state index contributed by atoms with van der Waals surface area (Å²) >= 11 is 1.36. The van der Waals surface area contributed by atoms with Crippen molar-refractivity contribution in [3.63, 3.8) is 0 Å². The molecule has 2 heterocycles. The second kappa shape index (κ2) is 5.42. The molecule has 20 heavy (non-hydrogen) atoms. The maximum atomic E-state index is 12.1. The van der Waals surface area contributed by atoms with Crippen LogP contribution in [-0.2, 0) is 0 Å². The Hall–Kier alpha value is -2.21. The van der Waals surface area contributed by atoms with Crippen LogP contribution >= 0.6 is 11.8 Å². The summed E-state index contributed by atoms with van der Waals surface area (Å²) in [5.41, 5.74) is 1.86. The molecular formula is C14H12N4OS. The highest BCUT2D eigenvalue weighted by Crippen LogP contribution is 2.17. The minimum Gasteiger partial charge on any atom is -0.293 e. The summed E-state index contributed by atoms with van der Waals surface area (Å²) in [6.45, 7) is 2.00. The van der Waals surface area contributed by atoms with Crippen LogP contribution < -0.4 is 0 Å². The Bertz CT molecular complexity index is 751. The summed E-state index contributed by atoms with van der Waals surface area (Å²) < 4.78 is 1.77. The lowest BCUT2D eigenvalue weighted by molar-refractivity contribution is 0.102. The molecule has 3 rings (SSSR count). The Labute approximate surface area is 120 Å². The molecule has 1 aromatic carbocycles. The van der Waals surface area contributed by atoms with Gasteiger partial charge in [0.1, 0.15) is 0 Å². The molecular weight excluding hydrogens is 272 g/mol. The van der Waals surface area contributed by atoms with Gasteiger partial charge in [-0.2, -0.15) is 0 Å². The first-order valence-electron chi connectivity index (χ1n) is 6.12. The molecule has 0 aliphatic heterocycles. The van der Waals surface area contributed by atoms with E-state index in [-0.39, 0.29) is 5.78 Å². The van der Waals surface area contributed by atoms with Crippen LogP contribution in [0, 0.1) is 6.92 Å². The average molecular weight is 284 g/mol. The summed E-state index contributed by atoms with van der Waals surface area (Å²) in [5, 5.41) is 8.66. The molecule has 0 radical (unpaired) electrons. The van der Waals surface area contributed by atoms with E-state index >= 15 is 0 Å².